The summed E-state index contributed by atoms with van der Waals surface area (Å²) in [6.07, 6.45) is 2.23. The van der Waals surface area contributed by atoms with E-state index in [1.165, 1.54) is 11.1 Å². The minimum absolute atomic E-state index is 0.538. The highest BCUT2D eigenvalue weighted by Crippen LogP contribution is 2.06. The minimum Gasteiger partial charge on any atom is -0.314 e. The van der Waals surface area contributed by atoms with Gasteiger partial charge in [0.1, 0.15) is 0 Å². The molecule has 1 N–H and O–H groups in total. The molecule has 1 heterocycles. The van der Waals surface area contributed by atoms with Crippen LogP contribution in [0.2, 0.25) is 0 Å². The highest BCUT2D eigenvalue weighted by molar-refractivity contribution is 7.07. The van der Waals surface area contributed by atoms with Crippen LogP contribution in [-0.2, 0) is 12.8 Å². The third-order valence-corrected chi connectivity index (χ3v) is 3.60. The second kappa shape index (κ2) is 6.58. The smallest absolute Gasteiger partial charge is 0.00792 e. The molecule has 0 saturated carbocycles. The molecule has 0 spiro atoms. The van der Waals surface area contributed by atoms with Gasteiger partial charge in [-0.3, -0.25) is 0 Å². The maximum absolute atomic E-state index is 3.57. The monoisotopic (exact) mass is 245 g/mol. The van der Waals surface area contributed by atoms with Crippen LogP contribution in [0.25, 0.3) is 0 Å². The fourth-order valence-corrected chi connectivity index (χ4v) is 2.64. The van der Waals surface area contributed by atoms with Crippen LogP contribution in [0.5, 0.6) is 0 Å². The largest absolute Gasteiger partial charge is 0.314 e. The molecule has 0 radical (unpaired) electrons. The third kappa shape index (κ3) is 4.33. The lowest BCUT2D eigenvalue weighted by Gasteiger charge is -2.13. The van der Waals surface area contributed by atoms with Crippen molar-refractivity contribution in [1.82, 2.24) is 5.32 Å². The summed E-state index contributed by atoms with van der Waals surface area (Å²) in [7, 11) is 0. The molecule has 1 aromatic carbocycles. The van der Waals surface area contributed by atoms with E-state index in [9.17, 15) is 0 Å². The molecule has 0 fully saturated rings. The second-order valence-corrected chi connectivity index (χ2v) is 5.21. The third-order valence-electron chi connectivity index (χ3n) is 2.87. The first-order valence-corrected chi connectivity index (χ1v) is 7.07. The van der Waals surface area contributed by atoms with E-state index in [0.717, 1.165) is 19.4 Å². The highest BCUT2D eigenvalue weighted by atomic mass is 32.1. The van der Waals surface area contributed by atoms with Crippen molar-refractivity contribution < 1.29 is 0 Å². The van der Waals surface area contributed by atoms with Gasteiger partial charge in [0.2, 0.25) is 0 Å². The molecule has 1 aromatic heterocycles. The van der Waals surface area contributed by atoms with Gasteiger partial charge in [-0.15, -0.1) is 0 Å². The van der Waals surface area contributed by atoms with E-state index in [0.29, 0.717) is 6.04 Å². The second-order valence-electron chi connectivity index (χ2n) is 4.43. The molecule has 0 saturated heterocycles. The van der Waals surface area contributed by atoms with Gasteiger partial charge in [0.25, 0.3) is 0 Å². The Morgan fingerprint density at radius 1 is 1.12 bits per heavy atom. The summed E-state index contributed by atoms with van der Waals surface area (Å²) in [4.78, 5) is 0. The Morgan fingerprint density at radius 3 is 2.65 bits per heavy atom. The number of rotatable bonds is 6. The summed E-state index contributed by atoms with van der Waals surface area (Å²) in [6.45, 7) is 3.31. The van der Waals surface area contributed by atoms with Crippen molar-refractivity contribution in [2.24, 2.45) is 0 Å². The summed E-state index contributed by atoms with van der Waals surface area (Å²) in [5, 5.41) is 7.94. The first kappa shape index (κ1) is 12.3. The maximum atomic E-state index is 3.57. The summed E-state index contributed by atoms with van der Waals surface area (Å²) < 4.78 is 0. The fraction of sp³-hybridized carbons (Fsp3) is 0.333. The van der Waals surface area contributed by atoms with Gasteiger partial charge in [-0.25, -0.2) is 0 Å². The first-order valence-electron chi connectivity index (χ1n) is 6.13. The van der Waals surface area contributed by atoms with Crippen molar-refractivity contribution >= 4 is 11.3 Å². The number of nitrogens with one attached hydrogen (secondary N) is 1. The lowest BCUT2D eigenvalue weighted by Crippen LogP contribution is -2.29. The van der Waals surface area contributed by atoms with Crippen molar-refractivity contribution in [3.05, 3.63) is 58.3 Å². The quantitative estimate of drug-likeness (QED) is 0.821. The Kier molecular flexibility index (Phi) is 4.77. The van der Waals surface area contributed by atoms with Gasteiger partial charge < -0.3 is 5.32 Å². The molecule has 1 atom stereocenters. The zero-order chi connectivity index (χ0) is 11.9. The van der Waals surface area contributed by atoms with Crippen LogP contribution in [0.15, 0.2) is 47.2 Å². The normalized spacial score (nSPS) is 12.5. The lowest BCUT2D eigenvalue weighted by atomic mass is 10.1. The van der Waals surface area contributed by atoms with Gasteiger partial charge in [0.15, 0.2) is 0 Å². The zero-order valence-electron chi connectivity index (χ0n) is 10.2. The predicted octanol–water partition coefficient (Wildman–Crippen LogP) is 3.51. The lowest BCUT2D eigenvalue weighted by molar-refractivity contribution is 0.549. The molecule has 0 amide bonds. The van der Waals surface area contributed by atoms with Gasteiger partial charge >= 0.3 is 0 Å². The van der Waals surface area contributed by atoms with Crippen LogP contribution in [0.4, 0.5) is 0 Å². The van der Waals surface area contributed by atoms with Crippen LogP contribution in [0, 0.1) is 0 Å². The fourth-order valence-electron chi connectivity index (χ4n) is 1.94. The molecule has 90 valence electrons. The molecule has 0 aliphatic carbocycles. The van der Waals surface area contributed by atoms with E-state index in [4.69, 9.17) is 0 Å². The Bertz CT molecular complexity index is 408. The maximum Gasteiger partial charge on any atom is 0.00792 e. The zero-order valence-corrected chi connectivity index (χ0v) is 11.0. The molecule has 0 bridgehead atoms. The predicted molar refractivity (Wildman–Crippen MR) is 75.6 cm³/mol. The van der Waals surface area contributed by atoms with Gasteiger partial charge in [-0.2, -0.15) is 11.3 Å². The van der Waals surface area contributed by atoms with Crippen LogP contribution in [-0.4, -0.2) is 12.6 Å². The average molecular weight is 245 g/mol. The van der Waals surface area contributed by atoms with Crippen LogP contribution in [0.3, 0.4) is 0 Å². The Balaban J connectivity index is 1.69. The molecule has 2 heteroatoms. The molecule has 2 aromatic rings. The molecular formula is C15H19NS. The summed E-state index contributed by atoms with van der Waals surface area (Å²) in [6, 6.07) is 13.4. The Hall–Kier alpha value is -1.12. The van der Waals surface area contributed by atoms with Crippen molar-refractivity contribution in [3.8, 4) is 0 Å². The summed E-state index contributed by atoms with van der Waals surface area (Å²) >= 11 is 1.77. The molecule has 2 rings (SSSR count). The molecule has 0 aliphatic rings. The molecular weight excluding hydrogens is 226 g/mol. The van der Waals surface area contributed by atoms with Crippen molar-refractivity contribution in [1.29, 1.82) is 0 Å². The Morgan fingerprint density at radius 2 is 1.94 bits per heavy atom. The molecule has 0 aliphatic heterocycles. The topological polar surface area (TPSA) is 12.0 Å². The number of benzene rings is 1. The SMILES string of the molecule is CC(Cc1ccccc1)NCCc1ccsc1. The number of hydrogen-bond acceptors (Lipinski definition) is 2. The molecule has 17 heavy (non-hydrogen) atoms. The first-order chi connectivity index (χ1) is 8.34. The van der Waals surface area contributed by atoms with E-state index in [2.05, 4.69) is 59.4 Å². The Labute approximate surface area is 108 Å². The summed E-state index contributed by atoms with van der Waals surface area (Å²) in [5.41, 5.74) is 2.84. The highest BCUT2D eigenvalue weighted by Gasteiger charge is 2.02. The van der Waals surface area contributed by atoms with E-state index < -0.39 is 0 Å². The number of hydrogen-bond donors (Lipinski definition) is 1. The van der Waals surface area contributed by atoms with Gasteiger partial charge in [-0.05, 0) is 54.3 Å². The van der Waals surface area contributed by atoms with E-state index in [1.54, 1.807) is 11.3 Å². The minimum atomic E-state index is 0.538. The van der Waals surface area contributed by atoms with E-state index >= 15 is 0 Å². The van der Waals surface area contributed by atoms with Gasteiger partial charge in [0, 0.05) is 6.04 Å². The van der Waals surface area contributed by atoms with Crippen molar-refractivity contribution in [2.45, 2.75) is 25.8 Å². The van der Waals surface area contributed by atoms with Crippen LogP contribution >= 0.6 is 11.3 Å². The number of thiophene rings is 1. The average Bonchev–Trinajstić information content (AvgIpc) is 2.83. The molecule has 1 unspecified atom stereocenters. The van der Waals surface area contributed by atoms with E-state index in [-0.39, 0.29) is 0 Å². The summed E-state index contributed by atoms with van der Waals surface area (Å²) in [5.74, 6) is 0. The molecule has 1 nitrogen and oxygen atoms in total. The standard InChI is InChI=1S/C15H19NS/c1-13(11-14-5-3-2-4-6-14)16-9-7-15-8-10-17-12-15/h2-6,8,10,12-13,16H,7,9,11H2,1H3. The van der Waals surface area contributed by atoms with E-state index in [1.807, 2.05) is 0 Å². The van der Waals surface area contributed by atoms with Crippen molar-refractivity contribution in [3.63, 3.8) is 0 Å². The van der Waals surface area contributed by atoms with Gasteiger partial charge in [0.05, 0.1) is 0 Å². The van der Waals surface area contributed by atoms with Gasteiger partial charge in [-0.1, -0.05) is 30.3 Å². The van der Waals surface area contributed by atoms with Crippen LogP contribution in [0.1, 0.15) is 18.1 Å². The van der Waals surface area contributed by atoms with Crippen molar-refractivity contribution in [2.75, 3.05) is 6.54 Å². The van der Waals surface area contributed by atoms with Crippen LogP contribution < -0.4 is 5.32 Å².